The van der Waals surface area contributed by atoms with Gasteiger partial charge in [-0.15, -0.1) is 0 Å². The van der Waals surface area contributed by atoms with Crippen molar-refractivity contribution in [3.8, 4) is 0 Å². The lowest BCUT2D eigenvalue weighted by Gasteiger charge is -2.34. The smallest absolute Gasteiger partial charge is 0.244 e. The van der Waals surface area contributed by atoms with E-state index in [-0.39, 0.29) is 24.9 Å². The SMILES string of the molecule is CC[C@H](C)NC(=O)[C@@H](Cc1ccccc1)N(Cc1ccc(Cl)cc1Cl)C(=O)CN(c1cccc2ccccc12)S(C)(=O)=O. The van der Waals surface area contributed by atoms with Crippen LogP contribution in [0.1, 0.15) is 31.4 Å². The maximum Gasteiger partial charge on any atom is 0.244 e. The summed E-state index contributed by atoms with van der Waals surface area (Å²) < 4.78 is 27.5. The van der Waals surface area contributed by atoms with Gasteiger partial charge in [-0.3, -0.25) is 13.9 Å². The Kier molecular flexibility index (Phi) is 10.7. The van der Waals surface area contributed by atoms with Crippen molar-refractivity contribution in [3.05, 3.63) is 112 Å². The van der Waals surface area contributed by atoms with Gasteiger partial charge >= 0.3 is 0 Å². The number of rotatable bonds is 12. The molecule has 4 aromatic carbocycles. The molecule has 4 aromatic rings. The van der Waals surface area contributed by atoms with Crippen LogP contribution in [-0.4, -0.2) is 50.0 Å². The predicted molar refractivity (Wildman–Crippen MR) is 175 cm³/mol. The zero-order valence-corrected chi connectivity index (χ0v) is 26.7. The number of sulfonamides is 1. The molecule has 0 aromatic heterocycles. The first-order valence-corrected chi connectivity index (χ1v) is 16.6. The molecule has 1 N–H and O–H groups in total. The molecule has 7 nitrogen and oxygen atoms in total. The first-order valence-electron chi connectivity index (χ1n) is 14.0. The van der Waals surface area contributed by atoms with Crippen LogP contribution >= 0.6 is 23.2 Å². The van der Waals surface area contributed by atoms with Gasteiger partial charge in [0.25, 0.3) is 0 Å². The Hall–Kier alpha value is -3.59. The van der Waals surface area contributed by atoms with Crippen LogP contribution in [0.2, 0.25) is 10.0 Å². The number of nitrogens with zero attached hydrogens (tertiary/aromatic N) is 2. The van der Waals surface area contributed by atoms with Crippen molar-refractivity contribution < 1.29 is 18.0 Å². The lowest BCUT2D eigenvalue weighted by Crippen LogP contribution is -2.54. The molecule has 0 aliphatic rings. The molecule has 43 heavy (non-hydrogen) atoms. The Morgan fingerprint density at radius 2 is 1.58 bits per heavy atom. The zero-order chi connectivity index (χ0) is 31.1. The van der Waals surface area contributed by atoms with E-state index in [1.54, 1.807) is 30.3 Å². The Balaban J connectivity index is 1.81. The molecule has 0 fully saturated rings. The van der Waals surface area contributed by atoms with Crippen LogP contribution < -0.4 is 9.62 Å². The van der Waals surface area contributed by atoms with Crippen LogP contribution in [0.3, 0.4) is 0 Å². The summed E-state index contributed by atoms with van der Waals surface area (Å²) in [6.07, 6.45) is 1.98. The van der Waals surface area contributed by atoms with Gasteiger partial charge < -0.3 is 10.2 Å². The van der Waals surface area contributed by atoms with E-state index < -0.39 is 28.5 Å². The molecule has 0 aliphatic heterocycles. The summed E-state index contributed by atoms with van der Waals surface area (Å²) in [7, 11) is -3.91. The van der Waals surface area contributed by atoms with E-state index in [0.29, 0.717) is 33.1 Å². The third kappa shape index (κ3) is 8.28. The third-order valence-corrected chi connectivity index (χ3v) is 9.06. The third-order valence-electron chi connectivity index (χ3n) is 7.34. The minimum absolute atomic E-state index is 0.0343. The first-order chi connectivity index (χ1) is 20.5. The fraction of sp³-hybridized carbons (Fsp3) is 0.273. The average molecular weight is 641 g/mol. The lowest BCUT2D eigenvalue weighted by molar-refractivity contribution is -0.140. The van der Waals surface area contributed by atoms with Crippen molar-refractivity contribution in [2.75, 3.05) is 17.1 Å². The van der Waals surface area contributed by atoms with E-state index in [4.69, 9.17) is 23.2 Å². The standard InChI is InChI=1S/C33H35Cl2N3O4S/c1-4-23(2)36-33(40)31(19-24-11-6-5-7-12-24)37(21-26-17-18-27(34)20-29(26)35)32(39)22-38(43(3,41)42)30-16-10-14-25-13-8-9-15-28(25)30/h5-18,20,23,31H,4,19,21-22H2,1-3H3,(H,36,40)/t23-,31+/m0/s1. The second-order valence-corrected chi connectivity index (χ2v) is 13.3. The number of carbonyl (C=O) groups is 2. The average Bonchev–Trinajstić information content (AvgIpc) is 2.98. The van der Waals surface area contributed by atoms with E-state index >= 15 is 0 Å². The Morgan fingerprint density at radius 1 is 0.907 bits per heavy atom. The number of amides is 2. The largest absolute Gasteiger partial charge is 0.352 e. The van der Waals surface area contributed by atoms with Crippen molar-refractivity contribution in [2.45, 2.75) is 45.3 Å². The highest BCUT2D eigenvalue weighted by molar-refractivity contribution is 7.92. The van der Waals surface area contributed by atoms with Crippen molar-refractivity contribution in [1.82, 2.24) is 10.2 Å². The highest BCUT2D eigenvalue weighted by Crippen LogP contribution is 2.29. The number of carbonyl (C=O) groups excluding carboxylic acids is 2. The molecular formula is C33H35Cl2N3O4S. The quantitative estimate of drug-likeness (QED) is 0.193. The first kappa shape index (κ1) is 32.3. The Bertz CT molecular complexity index is 1690. The van der Waals surface area contributed by atoms with E-state index in [2.05, 4.69) is 5.32 Å². The fourth-order valence-electron chi connectivity index (χ4n) is 4.85. The van der Waals surface area contributed by atoms with E-state index in [0.717, 1.165) is 21.5 Å². The van der Waals surface area contributed by atoms with Gasteiger partial charge in [-0.25, -0.2) is 8.42 Å². The molecule has 0 saturated heterocycles. The minimum atomic E-state index is -3.91. The highest BCUT2D eigenvalue weighted by atomic mass is 35.5. The Morgan fingerprint density at radius 3 is 2.26 bits per heavy atom. The van der Waals surface area contributed by atoms with E-state index in [1.165, 1.54) is 4.90 Å². The van der Waals surface area contributed by atoms with Crippen LogP contribution in [0, 0.1) is 0 Å². The monoisotopic (exact) mass is 639 g/mol. The van der Waals surface area contributed by atoms with Crippen LogP contribution in [0.4, 0.5) is 5.69 Å². The van der Waals surface area contributed by atoms with Crippen LogP contribution in [0.25, 0.3) is 10.8 Å². The molecule has 10 heteroatoms. The van der Waals surface area contributed by atoms with Gasteiger partial charge in [0.15, 0.2) is 0 Å². The van der Waals surface area contributed by atoms with Gasteiger partial charge in [0.1, 0.15) is 12.6 Å². The zero-order valence-electron chi connectivity index (χ0n) is 24.3. The van der Waals surface area contributed by atoms with Crippen LogP contribution in [0.15, 0.2) is 91.0 Å². The summed E-state index contributed by atoms with van der Waals surface area (Å²) in [6.45, 7) is 3.31. The number of benzene rings is 4. The van der Waals surface area contributed by atoms with Gasteiger partial charge in [0.05, 0.1) is 11.9 Å². The predicted octanol–water partition coefficient (Wildman–Crippen LogP) is 6.47. The summed E-state index contributed by atoms with van der Waals surface area (Å²) >= 11 is 12.7. The molecule has 0 heterocycles. The number of hydrogen-bond acceptors (Lipinski definition) is 4. The van der Waals surface area contributed by atoms with Gasteiger partial charge in [-0.05, 0) is 48.1 Å². The second kappa shape index (κ2) is 14.3. The maximum absolute atomic E-state index is 14.4. The molecule has 0 spiro atoms. The molecular weight excluding hydrogens is 605 g/mol. The van der Waals surface area contributed by atoms with Crippen LogP contribution in [0.5, 0.6) is 0 Å². The maximum atomic E-state index is 14.4. The van der Waals surface area contributed by atoms with Gasteiger partial charge in [0, 0.05) is 34.4 Å². The topological polar surface area (TPSA) is 86.8 Å². The summed E-state index contributed by atoms with van der Waals surface area (Å²) in [5, 5.41) is 5.30. The molecule has 0 bridgehead atoms. The number of fused-ring (bicyclic) bond motifs is 1. The minimum Gasteiger partial charge on any atom is -0.352 e. The lowest BCUT2D eigenvalue weighted by atomic mass is 10.0. The second-order valence-electron chi connectivity index (χ2n) is 10.5. The highest BCUT2D eigenvalue weighted by Gasteiger charge is 2.34. The number of nitrogens with one attached hydrogen (secondary N) is 1. The number of anilines is 1. The van der Waals surface area contributed by atoms with Gasteiger partial charge in [0.2, 0.25) is 21.8 Å². The van der Waals surface area contributed by atoms with Crippen LogP contribution in [-0.2, 0) is 32.6 Å². The molecule has 226 valence electrons. The number of hydrogen-bond donors (Lipinski definition) is 1. The molecule has 0 aliphatic carbocycles. The van der Waals surface area contributed by atoms with E-state index in [1.807, 2.05) is 74.5 Å². The Labute approximate surface area is 263 Å². The molecule has 4 rings (SSSR count). The summed E-state index contributed by atoms with van der Waals surface area (Å²) in [5.41, 5.74) is 1.80. The molecule has 2 atom stereocenters. The molecule has 0 radical (unpaired) electrons. The fourth-order valence-corrected chi connectivity index (χ4v) is 6.18. The van der Waals surface area contributed by atoms with Crippen molar-refractivity contribution in [2.24, 2.45) is 0 Å². The van der Waals surface area contributed by atoms with Crippen molar-refractivity contribution in [1.29, 1.82) is 0 Å². The molecule has 2 amide bonds. The van der Waals surface area contributed by atoms with Crippen molar-refractivity contribution >= 4 is 61.5 Å². The summed E-state index contributed by atoms with van der Waals surface area (Å²) in [5.74, 6) is -0.891. The summed E-state index contributed by atoms with van der Waals surface area (Å²) in [6, 6.07) is 25.9. The van der Waals surface area contributed by atoms with Gasteiger partial charge in [-0.2, -0.15) is 0 Å². The summed E-state index contributed by atoms with van der Waals surface area (Å²) in [4.78, 5) is 29.6. The van der Waals surface area contributed by atoms with Crippen molar-refractivity contribution in [3.63, 3.8) is 0 Å². The number of halogens is 2. The molecule has 0 saturated carbocycles. The normalized spacial score (nSPS) is 12.9. The molecule has 0 unspecified atom stereocenters. The van der Waals surface area contributed by atoms with Gasteiger partial charge in [-0.1, -0.05) is 103 Å². The van der Waals surface area contributed by atoms with E-state index in [9.17, 15) is 18.0 Å².